The fourth-order valence-corrected chi connectivity index (χ4v) is 10.3. The minimum Gasteiger partial charge on any atom is -0.393 e. The summed E-state index contributed by atoms with van der Waals surface area (Å²) in [5.74, 6) is 4.80. The Balaban J connectivity index is 1.54. The van der Waals surface area contributed by atoms with Crippen LogP contribution in [-0.4, -0.2) is 27.2 Å². The lowest BCUT2D eigenvalue weighted by Crippen LogP contribution is -2.62. The van der Waals surface area contributed by atoms with E-state index >= 15 is 0 Å². The summed E-state index contributed by atoms with van der Waals surface area (Å²) < 4.78 is 0. The van der Waals surface area contributed by atoms with Crippen LogP contribution in [0.1, 0.15) is 98.8 Å². The van der Waals surface area contributed by atoms with Crippen molar-refractivity contribution in [2.75, 3.05) is 0 Å². The first-order chi connectivity index (χ1) is 14.1. The summed E-state index contributed by atoms with van der Waals surface area (Å²) in [4.78, 5) is 0.200. The van der Waals surface area contributed by atoms with E-state index in [1.54, 1.807) is 0 Å². The molecule has 3 heteroatoms. The minimum absolute atomic E-state index is 0.200. The molecule has 0 heterocycles. The molecule has 0 amide bonds. The Morgan fingerprint density at radius 3 is 2.23 bits per heavy atom. The molecule has 0 spiro atoms. The zero-order valence-corrected chi connectivity index (χ0v) is 21.7. The summed E-state index contributed by atoms with van der Waals surface area (Å²) in [6.45, 7) is 12.3. The van der Waals surface area contributed by atoms with Crippen LogP contribution in [0.25, 0.3) is 0 Å². The number of rotatable bonds is 5. The smallest absolute Gasteiger partial charge is 0.0702 e. The fourth-order valence-electron chi connectivity index (χ4n) is 9.22. The van der Waals surface area contributed by atoms with Crippen molar-refractivity contribution in [3.63, 3.8) is 0 Å². The van der Waals surface area contributed by atoms with Gasteiger partial charge in [-0.05, 0) is 97.2 Å². The van der Waals surface area contributed by atoms with E-state index in [9.17, 15) is 10.2 Å². The van der Waals surface area contributed by atoms with Gasteiger partial charge in [-0.25, -0.2) is 0 Å². The van der Waals surface area contributed by atoms with Crippen molar-refractivity contribution < 1.29 is 10.2 Å². The van der Waals surface area contributed by atoms with Crippen LogP contribution in [0, 0.1) is 52.3 Å². The zero-order chi connectivity index (χ0) is 21.8. The second-order valence-electron chi connectivity index (χ2n) is 12.8. The van der Waals surface area contributed by atoms with Crippen LogP contribution in [0.15, 0.2) is 0 Å². The maximum absolute atomic E-state index is 11.4. The first-order valence-corrected chi connectivity index (χ1v) is 14.0. The summed E-state index contributed by atoms with van der Waals surface area (Å²) in [6, 6.07) is 0. The molecule has 4 rings (SSSR count). The maximum atomic E-state index is 11.4. The van der Waals surface area contributed by atoms with E-state index in [-0.39, 0.29) is 28.4 Å². The largest absolute Gasteiger partial charge is 0.393 e. The predicted octanol–water partition coefficient (Wildman–Crippen LogP) is 6.81. The molecule has 0 aliphatic heterocycles. The highest BCUT2D eigenvalue weighted by atomic mass is 79.9. The average molecular weight is 484 g/mol. The van der Waals surface area contributed by atoms with Gasteiger partial charge >= 0.3 is 0 Å². The van der Waals surface area contributed by atoms with Gasteiger partial charge in [0.15, 0.2) is 0 Å². The van der Waals surface area contributed by atoms with Gasteiger partial charge in [0, 0.05) is 4.83 Å². The zero-order valence-electron chi connectivity index (χ0n) is 20.1. The summed E-state index contributed by atoms with van der Waals surface area (Å²) in [6.07, 6.45) is 11.9. The molecule has 0 saturated heterocycles. The van der Waals surface area contributed by atoms with Crippen LogP contribution >= 0.6 is 15.9 Å². The standard InChI is InChI=1S/C27H47BrO2/c1-16(2)7-6-8-17(3)19-9-10-20-23-21(12-14-26(19,20)4)27(5)13-11-18(29)15-22(27)25(30)24(23)28/h16-25,29-30H,6-15H2,1-5H3/t17-,18?,19-,20+,21+,22?,23+,24?,25?,26-,27-/m1/s1. The van der Waals surface area contributed by atoms with E-state index < -0.39 is 0 Å². The number of fused-ring (bicyclic) bond motifs is 5. The van der Waals surface area contributed by atoms with Crippen molar-refractivity contribution in [3.05, 3.63) is 0 Å². The Hall–Kier alpha value is 0.400. The van der Waals surface area contributed by atoms with Crippen molar-refractivity contribution in [1.82, 2.24) is 0 Å². The van der Waals surface area contributed by atoms with Crippen LogP contribution in [0.3, 0.4) is 0 Å². The van der Waals surface area contributed by atoms with Gasteiger partial charge in [-0.15, -0.1) is 0 Å². The Bertz CT molecular complexity index is 608. The van der Waals surface area contributed by atoms with Crippen molar-refractivity contribution in [2.45, 2.75) is 116 Å². The van der Waals surface area contributed by atoms with Gasteiger partial charge in [-0.1, -0.05) is 69.8 Å². The molecule has 0 aromatic rings. The third-order valence-electron chi connectivity index (χ3n) is 10.9. The number of halogens is 1. The van der Waals surface area contributed by atoms with E-state index in [1.807, 2.05) is 0 Å². The molecule has 0 aromatic carbocycles. The first kappa shape index (κ1) is 23.6. The summed E-state index contributed by atoms with van der Waals surface area (Å²) in [5, 5.41) is 21.7. The molecule has 174 valence electrons. The van der Waals surface area contributed by atoms with Gasteiger partial charge in [0.1, 0.15) is 0 Å². The van der Waals surface area contributed by atoms with Crippen LogP contribution in [-0.2, 0) is 0 Å². The number of aliphatic hydroxyl groups excluding tert-OH is 2. The second kappa shape index (κ2) is 8.64. The van der Waals surface area contributed by atoms with Crippen molar-refractivity contribution in [1.29, 1.82) is 0 Å². The Morgan fingerprint density at radius 2 is 1.53 bits per heavy atom. The lowest BCUT2D eigenvalue weighted by Gasteiger charge is -2.64. The number of hydrogen-bond acceptors (Lipinski definition) is 2. The molecule has 4 fully saturated rings. The van der Waals surface area contributed by atoms with Gasteiger partial charge < -0.3 is 10.2 Å². The van der Waals surface area contributed by atoms with Gasteiger partial charge in [-0.2, -0.15) is 0 Å². The van der Waals surface area contributed by atoms with Crippen LogP contribution in [0.2, 0.25) is 0 Å². The van der Waals surface area contributed by atoms with E-state index in [4.69, 9.17) is 0 Å². The molecule has 0 aromatic heterocycles. The SMILES string of the molecule is CC(C)CCC[C@@H](C)[C@H]1CC[C@H]2[C@@H]3C(Br)C(O)C4CC(O)CC[C@]4(C)[C@H]3CC[C@]12C. The molecule has 30 heavy (non-hydrogen) atoms. The van der Waals surface area contributed by atoms with Crippen LogP contribution in [0.5, 0.6) is 0 Å². The van der Waals surface area contributed by atoms with Crippen molar-refractivity contribution >= 4 is 15.9 Å². The second-order valence-corrected chi connectivity index (χ2v) is 13.9. The van der Waals surface area contributed by atoms with Crippen LogP contribution in [0.4, 0.5) is 0 Å². The predicted molar refractivity (Wildman–Crippen MR) is 129 cm³/mol. The number of aliphatic hydroxyl groups is 2. The third-order valence-corrected chi connectivity index (χ3v) is 12.0. The molecular weight excluding hydrogens is 436 g/mol. The van der Waals surface area contributed by atoms with Gasteiger partial charge in [0.05, 0.1) is 12.2 Å². The van der Waals surface area contributed by atoms with Crippen LogP contribution < -0.4 is 0 Å². The Kier molecular flexibility index (Phi) is 6.78. The molecule has 2 N–H and O–H groups in total. The molecule has 11 atom stereocenters. The summed E-state index contributed by atoms with van der Waals surface area (Å²) in [7, 11) is 0. The molecule has 4 aliphatic carbocycles. The third kappa shape index (κ3) is 3.75. The van der Waals surface area contributed by atoms with Crippen molar-refractivity contribution in [2.24, 2.45) is 52.3 Å². The van der Waals surface area contributed by atoms with Gasteiger partial charge in [0.25, 0.3) is 0 Å². The number of alkyl halides is 1. The number of hydrogen-bond donors (Lipinski definition) is 2. The highest BCUT2D eigenvalue weighted by Gasteiger charge is 2.64. The first-order valence-electron chi connectivity index (χ1n) is 13.1. The lowest BCUT2D eigenvalue weighted by atomic mass is 9.43. The molecule has 0 bridgehead atoms. The van der Waals surface area contributed by atoms with Gasteiger partial charge in [-0.3, -0.25) is 0 Å². The summed E-state index contributed by atoms with van der Waals surface area (Å²) in [5.41, 5.74) is 0.650. The highest BCUT2D eigenvalue weighted by Crippen LogP contribution is 2.69. The fraction of sp³-hybridized carbons (Fsp3) is 1.00. The topological polar surface area (TPSA) is 40.5 Å². The normalized spacial score (nSPS) is 51.9. The molecule has 2 nitrogen and oxygen atoms in total. The Morgan fingerprint density at radius 1 is 0.867 bits per heavy atom. The summed E-state index contributed by atoms with van der Waals surface area (Å²) >= 11 is 4.05. The molecule has 0 radical (unpaired) electrons. The average Bonchev–Trinajstić information content (AvgIpc) is 3.04. The van der Waals surface area contributed by atoms with E-state index in [2.05, 4.69) is 50.5 Å². The van der Waals surface area contributed by atoms with Gasteiger partial charge in [0.2, 0.25) is 0 Å². The van der Waals surface area contributed by atoms with E-state index in [0.717, 1.165) is 42.9 Å². The molecule has 4 aliphatic rings. The quantitative estimate of drug-likeness (QED) is 0.422. The monoisotopic (exact) mass is 482 g/mol. The van der Waals surface area contributed by atoms with E-state index in [1.165, 1.54) is 44.9 Å². The minimum atomic E-state index is -0.309. The Labute approximate surface area is 194 Å². The lowest BCUT2D eigenvalue weighted by molar-refractivity contribution is -0.167. The highest BCUT2D eigenvalue weighted by molar-refractivity contribution is 9.09. The van der Waals surface area contributed by atoms with E-state index in [0.29, 0.717) is 17.3 Å². The maximum Gasteiger partial charge on any atom is 0.0702 e. The molecule has 4 unspecified atom stereocenters. The molecular formula is C27H47BrO2. The van der Waals surface area contributed by atoms with Crippen molar-refractivity contribution in [3.8, 4) is 0 Å². The molecule has 4 saturated carbocycles.